The van der Waals surface area contributed by atoms with Gasteiger partial charge in [-0.1, -0.05) is 0 Å². The highest BCUT2D eigenvalue weighted by Crippen LogP contribution is 2.31. The number of methoxy groups -OCH3 is 1. The van der Waals surface area contributed by atoms with Crippen molar-refractivity contribution >= 4 is 11.7 Å². The highest BCUT2D eigenvalue weighted by Gasteiger charge is 2.23. The van der Waals surface area contributed by atoms with Crippen molar-refractivity contribution in [3.05, 3.63) is 23.3 Å². The maximum Gasteiger partial charge on any atom is 0.343 e. The largest absolute Gasteiger partial charge is 0.492 e. The van der Waals surface area contributed by atoms with Crippen molar-refractivity contribution in [2.45, 2.75) is 6.92 Å². The standard InChI is InChI=1S/C10H11F2NO3/c1-3-16-10(14)7-5(11)4-6(12)9(15-2)8(7)13/h4H,3,13H2,1-2H3. The monoisotopic (exact) mass is 231 g/mol. The SMILES string of the molecule is CCOC(=O)c1c(F)cc(F)c(OC)c1N. The first-order valence-electron chi connectivity index (χ1n) is 4.51. The number of carbonyl (C=O) groups excluding carboxylic acids is 1. The molecule has 0 saturated heterocycles. The molecule has 0 unspecified atom stereocenters. The predicted octanol–water partition coefficient (Wildman–Crippen LogP) is 1.73. The molecule has 0 bridgehead atoms. The van der Waals surface area contributed by atoms with Crippen LogP contribution in [0, 0.1) is 11.6 Å². The Balaban J connectivity index is 3.33. The van der Waals surface area contributed by atoms with Crippen molar-refractivity contribution in [2.24, 2.45) is 0 Å². The molecule has 0 amide bonds. The molecule has 88 valence electrons. The van der Waals surface area contributed by atoms with E-state index in [2.05, 4.69) is 9.47 Å². The quantitative estimate of drug-likeness (QED) is 0.635. The predicted molar refractivity (Wildman–Crippen MR) is 53.3 cm³/mol. The lowest BCUT2D eigenvalue weighted by Crippen LogP contribution is -2.12. The van der Waals surface area contributed by atoms with Crippen molar-refractivity contribution < 1.29 is 23.0 Å². The normalized spacial score (nSPS) is 10.0. The number of nitrogen functional groups attached to an aromatic ring is 1. The molecule has 4 nitrogen and oxygen atoms in total. The third kappa shape index (κ3) is 2.05. The van der Waals surface area contributed by atoms with E-state index in [1.165, 1.54) is 7.11 Å². The Bertz CT molecular complexity index is 421. The van der Waals surface area contributed by atoms with Gasteiger partial charge in [0, 0.05) is 6.07 Å². The molecule has 0 aliphatic rings. The number of halogens is 2. The number of ether oxygens (including phenoxy) is 2. The molecule has 1 aromatic carbocycles. The molecule has 0 saturated carbocycles. The van der Waals surface area contributed by atoms with Crippen molar-refractivity contribution in [3.63, 3.8) is 0 Å². The van der Waals surface area contributed by atoms with Gasteiger partial charge >= 0.3 is 5.97 Å². The fourth-order valence-corrected chi connectivity index (χ4v) is 1.24. The minimum atomic E-state index is -1.07. The first-order chi connectivity index (χ1) is 7.52. The summed E-state index contributed by atoms with van der Waals surface area (Å²) < 4.78 is 35.7. The number of hydrogen-bond acceptors (Lipinski definition) is 4. The van der Waals surface area contributed by atoms with Gasteiger partial charge in [0.05, 0.1) is 19.4 Å². The van der Waals surface area contributed by atoms with E-state index in [0.717, 1.165) is 0 Å². The van der Waals surface area contributed by atoms with Crippen molar-refractivity contribution in [1.82, 2.24) is 0 Å². The number of carbonyl (C=O) groups is 1. The summed E-state index contributed by atoms with van der Waals surface area (Å²) in [7, 11) is 1.17. The van der Waals surface area contributed by atoms with Gasteiger partial charge < -0.3 is 15.2 Å². The highest BCUT2D eigenvalue weighted by molar-refractivity contribution is 5.97. The van der Waals surface area contributed by atoms with E-state index >= 15 is 0 Å². The molecule has 0 aromatic heterocycles. The van der Waals surface area contributed by atoms with Crippen molar-refractivity contribution in [2.75, 3.05) is 19.5 Å². The number of hydrogen-bond donors (Lipinski definition) is 1. The summed E-state index contributed by atoms with van der Waals surface area (Å²) in [6.07, 6.45) is 0. The molecule has 0 aliphatic heterocycles. The van der Waals surface area contributed by atoms with Crippen molar-refractivity contribution in [3.8, 4) is 5.75 Å². The van der Waals surface area contributed by atoms with Gasteiger partial charge in [0.2, 0.25) is 0 Å². The van der Waals surface area contributed by atoms with Crippen molar-refractivity contribution in [1.29, 1.82) is 0 Å². The zero-order valence-corrected chi connectivity index (χ0v) is 8.84. The molecular weight excluding hydrogens is 220 g/mol. The Hall–Kier alpha value is -1.85. The second kappa shape index (κ2) is 4.78. The summed E-state index contributed by atoms with van der Waals surface area (Å²) in [5, 5.41) is 0. The van der Waals surface area contributed by atoms with Crippen LogP contribution in [0.3, 0.4) is 0 Å². The van der Waals surface area contributed by atoms with E-state index in [-0.39, 0.29) is 12.4 Å². The molecule has 0 radical (unpaired) electrons. The van der Waals surface area contributed by atoms with Gasteiger partial charge in [0.25, 0.3) is 0 Å². The van der Waals surface area contributed by atoms with Crippen LogP contribution in [-0.2, 0) is 4.74 Å². The topological polar surface area (TPSA) is 61.5 Å². The average molecular weight is 231 g/mol. The van der Waals surface area contributed by atoms with Crippen LogP contribution in [0.4, 0.5) is 14.5 Å². The van der Waals surface area contributed by atoms with Crippen LogP contribution in [0.25, 0.3) is 0 Å². The lowest BCUT2D eigenvalue weighted by molar-refractivity contribution is 0.0522. The van der Waals surface area contributed by atoms with Gasteiger partial charge in [-0.2, -0.15) is 0 Å². The van der Waals surface area contributed by atoms with E-state index in [9.17, 15) is 13.6 Å². The van der Waals surface area contributed by atoms with E-state index in [0.29, 0.717) is 6.07 Å². The maximum atomic E-state index is 13.3. The first-order valence-corrected chi connectivity index (χ1v) is 4.51. The Morgan fingerprint density at radius 2 is 2.06 bits per heavy atom. The van der Waals surface area contributed by atoms with Gasteiger partial charge in [0.1, 0.15) is 11.4 Å². The molecule has 0 aliphatic carbocycles. The Morgan fingerprint density at radius 3 is 2.56 bits per heavy atom. The average Bonchev–Trinajstić information content (AvgIpc) is 2.17. The zero-order valence-electron chi connectivity index (χ0n) is 8.84. The molecule has 0 heterocycles. The smallest absolute Gasteiger partial charge is 0.343 e. The Kier molecular flexibility index (Phi) is 3.65. The summed E-state index contributed by atoms with van der Waals surface area (Å²) in [5.74, 6) is -3.36. The minimum Gasteiger partial charge on any atom is -0.492 e. The van der Waals surface area contributed by atoms with Crippen LogP contribution in [0.1, 0.15) is 17.3 Å². The fourth-order valence-electron chi connectivity index (χ4n) is 1.24. The highest BCUT2D eigenvalue weighted by atomic mass is 19.1. The second-order valence-electron chi connectivity index (χ2n) is 2.88. The number of benzene rings is 1. The summed E-state index contributed by atoms with van der Waals surface area (Å²) in [5.41, 5.74) is 4.50. The lowest BCUT2D eigenvalue weighted by Gasteiger charge is -2.11. The van der Waals surface area contributed by atoms with Crippen LogP contribution in [-0.4, -0.2) is 19.7 Å². The molecular formula is C10H11F2NO3. The summed E-state index contributed by atoms with van der Waals surface area (Å²) in [6, 6.07) is 0.529. The van der Waals surface area contributed by atoms with Crippen LogP contribution < -0.4 is 10.5 Å². The Morgan fingerprint density at radius 1 is 1.44 bits per heavy atom. The van der Waals surface area contributed by atoms with Crippen LogP contribution >= 0.6 is 0 Å². The Labute approximate surface area is 91.0 Å². The van der Waals surface area contributed by atoms with Gasteiger partial charge in [-0.15, -0.1) is 0 Å². The van der Waals surface area contributed by atoms with Gasteiger partial charge in [-0.05, 0) is 6.92 Å². The van der Waals surface area contributed by atoms with E-state index in [1.807, 2.05) is 0 Å². The number of rotatable bonds is 3. The molecule has 1 aromatic rings. The van der Waals surface area contributed by atoms with E-state index in [1.54, 1.807) is 6.92 Å². The van der Waals surface area contributed by atoms with Gasteiger partial charge in [0.15, 0.2) is 11.6 Å². The molecule has 0 fully saturated rings. The zero-order chi connectivity index (χ0) is 12.3. The van der Waals surface area contributed by atoms with Crippen LogP contribution in [0.2, 0.25) is 0 Å². The molecule has 16 heavy (non-hydrogen) atoms. The molecule has 6 heteroatoms. The molecule has 0 atom stereocenters. The number of anilines is 1. The minimum absolute atomic E-state index is 0.0669. The van der Waals surface area contributed by atoms with E-state index < -0.39 is 28.9 Å². The third-order valence-corrected chi connectivity index (χ3v) is 1.91. The van der Waals surface area contributed by atoms with Crippen LogP contribution in [0.15, 0.2) is 6.07 Å². The van der Waals surface area contributed by atoms with Gasteiger partial charge in [-0.25, -0.2) is 13.6 Å². The summed E-state index contributed by atoms with van der Waals surface area (Å²) >= 11 is 0. The van der Waals surface area contributed by atoms with Gasteiger partial charge in [-0.3, -0.25) is 0 Å². The molecule has 2 N–H and O–H groups in total. The summed E-state index contributed by atoms with van der Waals surface area (Å²) in [6.45, 7) is 1.63. The maximum absolute atomic E-state index is 13.3. The molecule has 0 spiro atoms. The van der Waals surface area contributed by atoms with Crippen LogP contribution in [0.5, 0.6) is 5.75 Å². The third-order valence-electron chi connectivity index (χ3n) is 1.91. The molecule has 1 rings (SSSR count). The second-order valence-corrected chi connectivity index (χ2v) is 2.88. The summed E-state index contributed by atoms with van der Waals surface area (Å²) in [4.78, 5) is 11.3. The fraction of sp³-hybridized carbons (Fsp3) is 0.300. The first kappa shape index (κ1) is 12.2. The number of esters is 1. The number of nitrogens with two attached hydrogens (primary N) is 1. The van der Waals surface area contributed by atoms with E-state index in [4.69, 9.17) is 5.73 Å². The lowest BCUT2D eigenvalue weighted by atomic mass is 10.1.